The number of thiophene rings is 1. The van der Waals surface area contributed by atoms with E-state index in [1.165, 1.54) is 14.8 Å². The molecule has 0 unspecified atom stereocenters. The Morgan fingerprint density at radius 2 is 2.42 bits per heavy atom. The summed E-state index contributed by atoms with van der Waals surface area (Å²) in [5, 5.41) is 8.41. The van der Waals surface area contributed by atoms with Crippen LogP contribution in [0.3, 0.4) is 0 Å². The zero-order chi connectivity index (χ0) is 8.55. The van der Waals surface area contributed by atoms with Crippen molar-refractivity contribution in [3.63, 3.8) is 0 Å². The molecule has 0 bridgehead atoms. The van der Waals surface area contributed by atoms with Crippen LogP contribution in [0.5, 0.6) is 0 Å². The summed E-state index contributed by atoms with van der Waals surface area (Å²) in [5.41, 5.74) is 2.46. The van der Waals surface area contributed by atoms with E-state index in [-0.39, 0.29) is 0 Å². The van der Waals surface area contributed by atoms with Crippen molar-refractivity contribution in [1.29, 1.82) is 0 Å². The van der Waals surface area contributed by atoms with Gasteiger partial charge in [0.25, 0.3) is 0 Å². The molecule has 0 aliphatic rings. The van der Waals surface area contributed by atoms with Gasteiger partial charge < -0.3 is 0 Å². The Morgan fingerprint density at radius 1 is 1.58 bits per heavy atom. The first kappa shape index (κ1) is 8.25. The highest BCUT2D eigenvalue weighted by molar-refractivity contribution is 14.1. The minimum atomic E-state index is 1.20. The molecule has 0 saturated heterocycles. The number of nitrogens with zero attached hydrogens (tertiary/aromatic N) is 2. The number of rotatable bonds is 1. The van der Waals surface area contributed by atoms with E-state index in [1.807, 2.05) is 17.9 Å². The first-order valence-corrected chi connectivity index (χ1v) is 5.51. The van der Waals surface area contributed by atoms with Crippen molar-refractivity contribution in [1.82, 2.24) is 9.78 Å². The Balaban J connectivity index is 2.60. The Morgan fingerprint density at radius 3 is 2.92 bits per heavy atom. The highest BCUT2D eigenvalue weighted by Gasteiger charge is 2.07. The molecule has 0 saturated carbocycles. The quantitative estimate of drug-likeness (QED) is 0.738. The summed E-state index contributed by atoms with van der Waals surface area (Å²) in [4.78, 5) is 0. The van der Waals surface area contributed by atoms with Gasteiger partial charge in [0.15, 0.2) is 0 Å². The van der Waals surface area contributed by atoms with Crippen LogP contribution >= 0.6 is 33.9 Å². The molecule has 2 heterocycles. The molecule has 0 aliphatic heterocycles. The van der Waals surface area contributed by atoms with Crippen molar-refractivity contribution < 1.29 is 0 Å². The molecule has 2 rings (SSSR count). The molecule has 2 nitrogen and oxygen atoms in total. The summed E-state index contributed by atoms with van der Waals surface area (Å²) in [7, 11) is 1.97. The maximum Gasteiger partial charge on any atom is 0.0820 e. The lowest BCUT2D eigenvalue weighted by Crippen LogP contribution is -1.92. The number of aryl methyl sites for hydroxylation is 1. The van der Waals surface area contributed by atoms with Gasteiger partial charge in [-0.15, -0.1) is 0 Å². The van der Waals surface area contributed by atoms with Crippen molar-refractivity contribution in [2.75, 3.05) is 0 Å². The van der Waals surface area contributed by atoms with Gasteiger partial charge >= 0.3 is 0 Å². The smallest absolute Gasteiger partial charge is 0.0820 e. The van der Waals surface area contributed by atoms with Crippen LogP contribution in [0.1, 0.15) is 0 Å². The van der Waals surface area contributed by atoms with Gasteiger partial charge in [0, 0.05) is 18.0 Å². The second-order valence-corrected chi connectivity index (χ2v) is 4.42. The molecule has 0 N–H and O–H groups in total. The van der Waals surface area contributed by atoms with Gasteiger partial charge in [-0.3, -0.25) is 4.68 Å². The average molecular weight is 290 g/mol. The van der Waals surface area contributed by atoms with Crippen molar-refractivity contribution in [3.8, 4) is 11.3 Å². The summed E-state index contributed by atoms with van der Waals surface area (Å²) in [6, 6.07) is 2.11. The van der Waals surface area contributed by atoms with Crippen LogP contribution in [-0.2, 0) is 7.05 Å². The lowest BCUT2D eigenvalue weighted by atomic mass is 10.2. The maximum absolute atomic E-state index is 4.19. The van der Waals surface area contributed by atoms with Gasteiger partial charge in [0.05, 0.1) is 15.5 Å². The monoisotopic (exact) mass is 290 g/mol. The fraction of sp³-hybridized carbons (Fsp3) is 0.125. The van der Waals surface area contributed by atoms with Gasteiger partial charge in [0.1, 0.15) is 0 Å². The summed E-state index contributed by atoms with van der Waals surface area (Å²) < 4.78 is 3.11. The van der Waals surface area contributed by atoms with Crippen LogP contribution in [0.2, 0.25) is 0 Å². The van der Waals surface area contributed by atoms with Gasteiger partial charge in [-0.1, -0.05) is 0 Å². The minimum absolute atomic E-state index is 1.20. The number of hydrogen-bond acceptors (Lipinski definition) is 2. The van der Waals surface area contributed by atoms with Crippen LogP contribution in [0.15, 0.2) is 23.0 Å². The standard InChI is InChI=1S/C8H7IN2S/c1-11-8(7(9)4-10-11)6-2-3-12-5-6/h2-5H,1H3. The van der Waals surface area contributed by atoms with E-state index in [1.54, 1.807) is 11.3 Å². The van der Waals surface area contributed by atoms with E-state index in [2.05, 4.69) is 44.5 Å². The Kier molecular flexibility index (Phi) is 2.18. The molecule has 0 amide bonds. The summed E-state index contributed by atoms with van der Waals surface area (Å²) in [5.74, 6) is 0. The van der Waals surface area contributed by atoms with Crippen LogP contribution in [-0.4, -0.2) is 9.78 Å². The third-order valence-corrected chi connectivity index (χ3v) is 3.16. The molecule has 2 aromatic rings. The van der Waals surface area contributed by atoms with E-state index in [0.717, 1.165) is 0 Å². The van der Waals surface area contributed by atoms with Crippen LogP contribution in [0.4, 0.5) is 0 Å². The Hall–Kier alpha value is -0.360. The molecule has 62 valence electrons. The number of halogens is 1. The van der Waals surface area contributed by atoms with Crippen LogP contribution < -0.4 is 0 Å². The molecular weight excluding hydrogens is 283 g/mol. The Labute approximate surface area is 88.4 Å². The SMILES string of the molecule is Cn1ncc(I)c1-c1ccsc1. The largest absolute Gasteiger partial charge is 0.267 e. The van der Waals surface area contributed by atoms with Crippen molar-refractivity contribution in [2.45, 2.75) is 0 Å². The number of aromatic nitrogens is 2. The summed E-state index contributed by atoms with van der Waals surface area (Å²) >= 11 is 4.01. The zero-order valence-electron chi connectivity index (χ0n) is 6.49. The molecule has 12 heavy (non-hydrogen) atoms. The lowest BCUT2D eigenvalue weighted by molar-refractivity contribution is 0.776. The summed E-state index contributed by atoms with van der Waals surface area (Å²) in [6.07, 6.45) is 1.88. The van der Waals surface area contributed by atoms with E-state index < -0.39 is 0 Å². The highest BCUT2D eigenvalue weighted by atomic mass is 127. The molecule has 0 radical (unpaired) electrons. The van der Waals surface area contributed by atoms with Crippen molar-refractivity contribution in [2.24, 2.45) is 7.05 Å². The predicted molar refractivity (Wildman–Crippen MR) is 59.2 cm³/mol. The van der Waals surface area contributed by atoms with Gasteiger partial charge in [-0.05, 0) is 34.0 Å². The zero-order valence-corrected chi connectivity index (χ0v) is 9.46. The van der Waals surface area contributed by atoms with E-state index in [9.17, 15) is 0 Å². The molecule has 4 heteroatoms. The van der Waals surface area contributed by atoms with Gasteiger partial charge in [-0.25, -0.2) is 0 Å². The lowest BCUT2D eigenvalue weighted by Gasteiger charge is -1.98. The normalized spacial score (nSPS) is 10.5. The minimum Gasteiger partial charge on any atom is -0.267 e. The van der Waals surface area contributed by atoms with E-state index in [4.69, 9.17) is 0 Å². The molecule has 0 atom stereocenters. The van der Waals surface area contributed by atoms with Gasteiger partial charge in [-0.2, -0.15) is 16.4 Å². The Bertz CT molecular complexity index is 358. The fourth-order valence-electron chi connectivity index (χ4n) is 1.13. The summed E-state index contributed by atoms with van der Waals surface area (Å²) in [6.45, 7) is 0. The third kappa shape index (κ3) is 1.29. The van der Waals surface area contributed by atoms with E-state index in [0.29, 0.717) is 0 Å². The van der Waals surface area contributed by atoms with Crippen LogP contribution in [0, 0.1) is 3.57 Å². The second-order valence-electron chi connectivity index (χ2n) is 2.48. The molecule has 0 aliphatic carbocycles. The first-order valence-electron chi connectivity index (χ1n) is 3.49. The second kappa shape index (κ2) is 3.18. The molecule has 0 aromatic carbocycles. The fourth-order valence-corrected chi connectivity index (χ4v) is 2.56. The molecular formula is C8H7IN2S. The van der Waals surface area contributed by atoms with Crippen molar-refractivity contribution >= 4 is 33.9 Å². The molecule has 0 fully saturated rings. The van der Waals surface area contributed by atoms with Crippen LogP contribution in [0.25, 0.3) is 11.3 Å². The van der Waals surface area contributed by atoms with E-state index >= 15 is 0 Å². The first-order chi connectivity index (χ1) is 5.79. The van der Waals surface area contributed by atoms with Crippen molar-refractivity contribution in [3.05, 3.63) is 26.6 Å². The average Bonchev–Trinajstić information content (AvgIpc) is 2.61. The maximum atomic E-state index is 4.19. The predicted octanol–water partition coefficient (Wildman–Crippen LogP) is 2.75. The third-order valence-electron chi connectivity index (χ3n) is 1.69. The highest BCUT2D eigenvalue weighted by Crippen LogP contribution is 2.25. The molecule has 2 aromatic heterocycles. The molecule has 0 spiro atoms. The topological polar surface area (TPSA) is 17.8 Å². The number of hydrogen-bond donors (Lipinski definition) is 0. The van der Waals surface area contributed by atoms with Gasteiger partial charge in [0.2, 0.25) is 0 Å².